The molecule has 0 aliphatic carbocycles. The van der Waals surface area contributed by atoms with E-state index in [1.807, 2.05) is 24.3 Å². The number of phosphoric ester groups is 1. The fourth-order valence-corrected chi connectivity index (χ4v) is 3.35. The third kappa shape index (κ3) is 5.44. The van der Waals surface area contributed by atoms with Gasteiger partial charge in [-0.05, 0) is 23.3 Å². The van der Waals surface area contributed by atoms with E-state index < -0.39 is 14.6 Å². The van der Waals surface area contributed by atoms with Crippen molar-refractivity contribution < 1.29 is 32.5 Å². The number of nitrogens with zero attached hydrogens (tertiary/aromatic N) is 3. The largest absolute Gasteiger partial charge is 0.472 e. The van der Waals surface area contributed by atoms with Crippen molar-refractivity contribution in [3.05, 3.63) is 83.5 Å². The zero-order valence-corrected chi connectivity index (χ0v) is 17.2. The maximum Gasteiger partial charge on any atom is 0.472 e. The predicted octanol–water partition coefficient (Wildman–Crippen LogP) is 2.45. The average molecular weight is 443 g/mol. The molecule has 4 aromatic rings. The fourth-order valence-electron chi connectivity index (χ4n) is 3.08. The van der Waals surface area contributed by atoms with Crippen LogP contribution in [-0.4, -0.2) is 20.1 Å². The average Bonchev–Trinajstić information content (AvgIpc) is 3.40. The summed E-state index contributed by atoms with van der Waals surface area (Å²) in [5.41, 5.74) is 10.6. The summed E-state index contributed by atoms with van der Waals surface area (Å²) in [7, 11) is -4.61. The van der Waals surface area contributed by atoms with E-state index in [1.165, 1.54) is 4.57 Å². The highest BCUT2D eigenvalue weighted by molar-refractivity contribution is 7.46. The van der Waals surface area contributed by atoms with E-state index in [1.54, 1.807) is 36.9 Å². The second-order valence-corrected chi connectivity index (χ2v) is 8.15. The van der Waals surface area contributed by atoms with E-state index in [-0.39, 0.29) is 5.82 Å². The Kier molecular flexibility index (Phi) is 5.97. The molecule has 0 saturated heterocycles. The number of phosphoric acid groups is 1. The van der Waals surface area contributed by atoms with Gasteiger partial charge in [0.05, 0.1) is 18.1 Å². The maximum absolute atomic E-state index is 10.9. The van der Waals surface area contributed by atoms with Crippen LogP contribution >= 0.6 is 7.82 Å². The van der Waals surface area contributed by atoms with Crippen molar-refractivity contribution in [3.8, 4) is 11.3 Å². The highest BCUT2D eigenvalue weighted by Gasteiger charge is 2.20. The summed E-state index contributed by atoms with van der Waals surface area (Å²) >= 11 is 0. The van der Waals surface area contributed by atoms with Gasteiger partial charge in [0.1, 0.15) is 11.8 Å². The summed E-state index contributed by atoms with van der Waals surface area (Å²) in [5.74, 6) is 0.679. The fraction of sp³-hybridized carbons (Fsp3) is 0.150. The molecule has 31 heavy (non-hydrogen) atoms. The monoisotopic (exact) mass is 443 g/mol. The van der Waals surface area contributed by atoms with Crippen LogP contribution in [0.15, 0.2) is 70.2 Å². The number of rotatable bonds is 8. The Morgan fingerprint density at radius 3 is 2.52 bits per heavy atom. The number of benzene rings is 1. The first-order valence-corrected chi connectivity index (χ1v) is 10.8. The molecule has 10 nitrogen and oxygen atoms in total. The van der Waals surface area contributed by atoms with Gasteiger partial charge in [-0.15, -0.1) is 0 Å². The van der Waals surface area contributed by atoms with Crippen molar-refractivity contribution in [3.63, 3.8) is 0 Å². The van der Waals surface area contributed by atoms with Crippen LogP contribution in [0.2, 0.25) is 0 Å². The Bertz CT molecular complexity index is 1200. The van der Waals surface area contributed by atoms with E-state index in [2.05, 4.69) is 14.8 Å². The van der Waals surface area contributed by atoms with Gasteiger partial charge in [-0.2, -0.15) is 0 Å². The first kappa shape index (κ1) is 21.0. The van der Waals surface area contributed by atoms with Crippen LogP contribution in [0.1, 0.15) is 22.4 Å². The highest BCUT2D eigenvalue weighted by Crippen LogP contribution is 2.35. The van der Waals surface area contributed by atoms with E-state index in [0.717, 1.165) is 28.8 Å². The lowest BCUT2D eigenvalue weighted by atomic mass is 10.0. The predicted molar refractivity (Wildman–Crippen MR) is 108 cm³/mol. The normalized spacial score (nSPS) is 11.7. The lowest BCUT2D eigenvalue weighted by molar-refractivity contribution is -0.711. The molecule has 0 amide bonds. The summed E-state index contributed by atoms with van der Waals surface area (Å²) in [6.07, 6.45) is 6.19. The molecule has 3 heterocycles. The van der Waals surface area contributed by atoms with Crippen LogP contribution in [0, 0.1) is 0 Å². The molecule has 160 valence electrons. The van der Waals surface area contributed by atoms with Gasteiger partial charge in [0.25, 0.3) is 5.82 Å². The van der Waals surface area contributed by atoms with E-state index in [4.69, 9.17) is 24.6 Å². The molecule has 0 bridgehead atoms. The topological polar surface area (TPSA) is 149 Å². The molecule has 0 atom stereocenters. The minimum Gasteiger partial charge on any atom is -0.364 e. The van der Waals surface area contributed by atoms with Crippen molar-refractivity contribution >= 4 is 13.6 Å². The number of nitrogens with two attached hydrogens (primary N) is 1. The van der Waals surface area contributed by atoms with E-state index >= 15 is 0 Å². The quantitative estimate of drug-likeness (QED) is 0.276. The molecule has 0 spiro atoms. The number of pyridine rings is 1. The molecule has 3 aromatic heterocycles. The van der Waals surface area contributed by atoms with Gasteiger partial charge < -0.3 is 18.8 Å². The van der Waals surface area contributed by atoms with Crippen LogP contribution in [0.3, 0.4) is 0 Å². The summed E-state index contributed by atoms with van der Waals surface area (Å²) in [6, 6.07) is 13.3. The first-order chi connectivity index (χ1) is 14.9. The van der Waals surface area contributed by atoms with Crippen LogP contribution in [0.5, 0.6) is 0 Å². The molecule has 0 unspecified atom stereocenters. The second kappa shape index (κ2) is 8.83. The Balaban J connectivity index is 1.45. The second-order valence-electron chi connectivity index (χ2n) is 6.91. The Hall–Kier alpha value is -3.30. The standard InChI is InChI=1S/C20H19N4O6P/c21-20-18(2-1-7-24(20)13-29-31(25,26)27)19-10-17(23-30-19)9-15-5-3-14(4-6-15)8-16-11-22-28-12-16/h1-7,10-12,21H,8-9,13H2,(H2,25,26,27)/p+1. The van der Waals surface area contributed by atoms with Crippen LogP contribution in [-0.2, 0) is 28.7 Å². The van der Waals surface area contributed by atoms with Crippen LogP contribution in [0.25, 0.3) is 11.3 Å². The Morgan fingerprint density at radius 1 is 1.10 bits per heavy atom. The zero-order chi connectivity index (χ0) is 21.8. The number of anilines is 1. The smallest absolute Gasteiger partial charge is 0.364 e. The third-order valence-electron chi connectivity index (χ3n) is 4.60. The molecule has 4 N–H and O–H groups in total. The number of hydrogen-bond donors (Lipinski definition) is 3. The molecule has 0 aliphatic heterocycles. The van der Waals surface area contributed by atoms with E-state index in [0.29, 0.717) is 17.7 Å². The van der Waals surface area contributed by atoms with Gasteiger partial charge in [0.2, 0.25) is 6.73 Å². The first-order valence-electron chi connectivity index (χ1n) is 9.27. The van der Waals surface area contributed by atoms with Crippen molar-refractivity contribution in [2.75, 3.05) is 5.73 Å². The van der Waals surface area contributed by atoms with Gasteiger partial charge in [-0.25, -0.2) is 13.7 Å². The molecule has 1 aromatic carbocycles. The van der Waals surface area contributed by atoms with Crippen molar-refractivity contribution in [1.29, 1.82) is 0 Å². The summed E-state index contributed by atoms with van der Waals surface area (Å²) in [4.78, 5) is 17.8. The summed E-state index contributed by atoms with van der Waals surface area (Å²) in [5, 5.41) is 7.82. The minimum absolute atomic E-state index is 0.233. The molecular weight excluding hydrogens is 423 g/mol. The number of hydrogen-bond acceptors (Lipinski definition) is 7. The van der Waals surface area contributed by atoms with Crippen molar-refractivity contribution in [2.45, 2.75) is 19.6 Å². The summed E-state index contributed by atoms with van der Waals surface area (Å²) < 4.78 is 27.1. The van der Waals surface area contributed by atoms with Gasteiger partial charge in [0.15, 0.2) is 5.76 Å². The third-order valence-corrected chi connectivity index (χ3v) is 5.06. The molecule has 0 radical (unpaired) electrons. The van der Waals surface area contributed by atoms with Crippen molar-refractivity contribution in [2.24, 2.45) is 0 Å². The van der Waals surface area contributed by atoms with Gasteiger partial charge >= 0.3 is 7.82 Å². The van der Waals surface area contributed by atoms with Crippen LogP contribution in [0.4, 0.5) is 5.82 Å². The SMILES string of the molecule is Nc1c(-c2cc(Cc3ccc(Cc4cnoc4)cc3)no2)ccc[n+]1COP(=O)(O)O. The van der Waals surface area contributed by atoms with Crippen LogP contribution < -0.4 is 10.3 Å². The molecule has 0 fully saturated rings. The van der Waals surface area contributed by atoms with Gasteiger partial charge in [-0.3, -0.25) is 5.73 Å². The molecular formula is C20H20N4O6P+. The molecule has 11 heteroatoms. The highest BCUT2D eigenvalue weighted by atomic mass is 31.2. The number of nitrogen functional groups attached to an aromatic ring is 1. The Labute approximate surface area is 177 Å². The number of aromatic nitrogens is 3. The molecule has 0 aliphatic rings. The molecule has 4 rings (SSSR count). The van der Waals surface area contributed by atoms with Crippen molar-refractivity contribution in [1.82, 2.24) is 10.3 Å². The van der Waals surface area contributed by atoms with E-state index in [9.17, 15) is 4.57 Å². The molecule has 0 saturated carbocycles. The summed E-state index contributed by atoms with van der Waals surface area (Å²) in [6.45, 7) is -0.397. The van der Waals surface area contributed by atoms with Gasteiger partial charge in [-0.1, -0.05) is 34.6 Å². The lowest BCUT2D eigenvalue weighted by Crippen LogP contribution is -2.38. The lowest BCUT2D eigenvalue weighted by Gasteiger charge is -2.07. The van der Waals surface area contributed by atoms with Gasteiger partial charge in [0, 0.05) is 24.5 Å². The maximum atomic E-state index is 10.9. The minimum atomic E-state index is -4.61. The Morgan fingerprint density at radius 2 is 1.84 bits per heavy atom. The zero-order valence-electron chi connectivity index (χ0n) is 16.3.